The number of azide groups is 1. The molecule has 2 aromatic carbocycles. The topological polar surface area (TPSA) is 123 Å². The molecule has 0 saturated carbocycles. The third-order valence-electron chi connectivity index (χ3n) is 6.12. The highest BCUT2D eigenvalue weighted by Gasteiger charge is 2.26. The first-order valence-corrected chi connectivity index (χ1v) is 12.9. The van der Waals surface area contributed by atoms with Crippen molar-refractivity contribution in [2.45, 2.75) is 54.0 Å². The first-order chi connectivity index (χ1) is 18.0. The second-order valence-electron chi connectivity index (χ2n) is 10.2. The zero-order valence-corrected chi connectivity index (χ0v) is 23.9. The predicted octanol–water partition coefficient (Wildman–Crippen LogP) is 6.13. The molecule has 0 radical (unpaired) electrons. The molecule has 9 nitrogen and oxygen atoms in total. The van der Waals surface area contributed by atoms with Gasteiger partial charge in [0.2, 0.25) is 0 Å². The van der Waals surface area contributed by atoms with Gasteiger partial charge in [0.15, 0.2) is 11.5 Å². The molecule has 1 N–H and O–H groups in total. The van der Waals surface area contributed by atoms with Crippen LogP contribution in [0.1, 0.15) is 48.6 Å². The van der Waals surface area contributed by atoms with Crippen molar-refractivity contribution >= 4 is 23.8 Å². The second-order valence-corrected chi connectivity index (χ2v) is 10.6. The summed E-state index contributed by atoms with van der Waals surface area (Å²) in [6.07, 6.45) is 1.17. The van der Waals surface area contributed by atoms with E-state index in [0.717, 1.165) is 16.7 Å². The highest BCUT2D eigenvalue weighted by Crippen LogP contribution is 2.36. The Morgan fingerprint density at radius 1 is 1.13 bits per heavy atom. The maximum absolute atomic E-state index is 12.6. The van der Waals surface area contributed by atoms with Gasteiger partial charge >= 0.3 is 5.97 Å². The van der Waals surface area contributed by atoms with Crippen LogP contribution in [0, 0.1) is 25.2 Å². The molecule has 1 atom stereocenters. The Morgan fingerprint density at radius 2 is 1.87 bits per heavy atom. The van der Waals surface area contributed by atoms with Crippen LogP contribution in [-0.4, -0.2) is 38.1 Å². The number of amides is 1. The molecule has 1 amide bonds. The molecule has 2 aromatic rings. The van der Waals surface area contributed by atoms with Crippen molar-refractivity contribution in [2.24, 2.45) is 16.4 Å². The van der Waals surface area contributed by atoms with Crippen LogP contribution in [0.3, 0.4) is 0 Å². The number of thiol groups is 1. The van der Waals surface area contributed by atoms with Gasteiger partial charge < -0.3 is 19.5 Å². The van der Waals surface area contributed by atoms with Crippen molar-refractivity contribution in [1.29, 1.82) is 0 Å². The van der Waals surface area contributed by atoms with Gasteiger partial charge in [-0.1, -0.05) is 42.0 Å². The number of benzene rings is 2. The van der Waals surface area contributed by atoms with Crippen LogP contribution < -0.4 is 14.8 Å². The van der Waals surface area contributed by atoms with Gasteiger partial charge in [-0.05, 0) is 81.3 Å². The lowest BCUT2D eigenvalue weighted by Gasteiger charge is -2.24. The molecule has 0 bridgehead atoms. The molecule has 10 heteroatoms. The summed E-state index contributed by atoms with van der Waals surface area (Å²) in [4.78, 5) is 26.9. The lowest BCUT2D eigenvalue weighted by molar-refractivity contribution is -0.154. The van der Waals surface area contributed by atoms with Gasteiger partial charge in [-0.3, -0.25) is 9.59 Å². The summed E-state index contributed by atoms with van der Waals surface area (Å²) in [6, 6.07) is 9.96. The molecule has 0 aromatic heterocycles. The van der Waals surface area contributed by atoms with Crippen LogP contribution >= 0.6 is 12.6 Å². The molecule has 38 heavy (non-hydrogen) atoms. The van der Waals surface area contributed by atoms with E-state index in [-0.39, 0.29) is 38.2 Å². The number of carbonyl (C=O) groups is 2. The van der Waals surface area contributed by atoms with Crippen molar-refractivity contribution in [1.82, 2.24) is 5.32 Å². The van der Waals surface area contributed by atoms with E-state index >= 15 is 0 Å². The molecule has 2 rings (SSSR count). The van der Waals surface area contributed by atoms with E-state index < -0.39 is 10.7 Å². The number of methoxy groups -OCH3 is 1. The van der Waals surface area contributed by atoms with E-state index in [1.165, 1.54) is 11.1 Å². The minimum Gasteiger partial charge on any atom is -0.493 e. The molecule has 0 fully saturated rings. The number of aryl methyl sites for hydroxylation is 2. The van der Waals surface area contributed by atoms with E-state index in [0.29, 0.717) is 24.3 Å². The average Bonchev–Trinajstić information content (AvgIpc) is 2.85. The minimum absolute atomic E-state index is 0.0822. The molecule has 1 unspecified atom stereocenters. The average molecular weight is 543 g/mol. The van der Waals surface area contributed by atoms with Crippen LogP contribution in [0.15, 0.2) is 35.4 Å². The van der Waals surface area contributed by atoms with Gasteiger partial charge in [0.05, 0.1) is 32.3 Å². The zero-order chi connectivity index (χ0) is 28.3. The maximum atomic E-state index is 12.6. The normalized spacial score (nSPS) is 11.8. The summed E-state index contributed by atoms with van der Waals surface area (Å²) in [5.74, 6) is 0.658. The molecule has 0 aliphatic heterocycles. The van der Waals surface area contributed by atoms with Crippen molar-refractivity contribution in [3.05, 3.63) is 68.6 Å². The van der Waals surface area contributed by atoms with Crippen molar-refractivity contribution < 1.29 is 23.8 Å². The van der Waals surface area contributed by atoms with Crippen LogP contribution in [-0.2, 0) is 28.9 Å². The SMILES string of the molecule is COc1c(OCCN=[N+]=[N-])ccc(CNC(=O)S)c1CC(COC(=O)C(C)(C)C)Cc1ccc(C)c(C)c1. The number of hydrogen-bond acceptors (Lipinski definition) is 6. The van der Waals surface area contributed by atoms with E-state index in [2.05, 4.69) is 60.0 Å². The molecular weight excluding hydrogens is 504 g/mol. The van der Waals surface area contributed by atoms with Gasteiger partial charge in [-0.25, -0.2) is 0 Å². The molecule has 0 aliphatic rings. The van der Waals surface area contributed by atoms with Crippen LogP contribution in [0.5, 0.6) is 11.5 Å². The quantitative estimate of drug-likeness (QED) is 0.0787. The van der Waals surface area contributed by atoms with E-state index in [4.69, 9.17) is 19.7 Å². The molecule has 206 valence electrons. The highest BCUT2D eigenvalue weighted by molar-refractivity contribution is 7.96. The van der Waals surface area contributed by atoms with Gasteiger partial charge in [0.25, 0.3) is 5.24 Å². The molecule has 0 aliphatic carbocycles. The first kappa shape index (κ1) is 30.9. The Labute approximate surface area is 230 Å². The molecule has 0 spiro atoms. The predicted molar refractivity (Wildman–Crippen MR) is 151 cm³/mol. The summed E-state index contributed by atoms with van der Waals surface area (Å²) in [5.41, 5.74) is 13.1. The molecule has 0 heterocycles. The van der Waals surface area contributed by atoms with E-state index in [1.54, 1.807) is 13.2 Å². The van der Waals surface area contributed by atoms with E-state index in [9.17, 15) is 9.59 Å². The smallest absolute Gasteiger partial charge is 0.311 e. The third kappa shape index (κ3) is 9.50. The number of ether oxygens (including phenoxy) is 3. The highest BCUT2D eigenvalue weighted by atomic mass is 32.1. The lowest BCUT2D eigenvalue weighted by atomic mass is 9.89. The van der Waals surface area contributed by atoms with Gasteiger partial charge in [0.1, 0.15) is 0 Å². The molecular formula is C28H38N4O5S. The van der Waals surface area contributed by atoms with Crippen LogP contribution in [0.25, 0.3) is 10.4 Å². The summed E-state index contributed by atoms with van der Waals surface area (Å²) in [7, 11) is 1.55. The van der Waals surface area contributed by atoms with E-state index in [1.807, 2.05) is 26.8 Å². The standard InChI is InChI=1S/C28H38N4O5S/c1-18-7-8-20(13-19(18)2)14-21(17-37-26(33)28(3,4)5)15-23-22(16-30-27(34)38)9-10-24(25(23)35-6)36-12-11-31-32-29/h7-10,13,21H,11-12,14-17H2,1-6H3,(H2,30,34,38). The number of esters is 1. The number of carbonyl (C=O) groups excluding carboxylic acids is 2. The number of nitrogens with zero attached hydrogens (tertiary/aromatic N) is 3. The Morgan fingerprint density at radius 3 is 2.47 bits per heavy atom. The second kappa shape index (κ2) is 14.5. The molecule has 0 saturated heterocycles. The third-order valence-corrected chi connectivity index (χ3v) is 6.28. The Bertz CT molecular complexity index is 1170. The minimum atomic E-state index is -0.621. The van der Waals surface area contributed by atoms with Crippen molar-refractivity contribution in [2.75, 3.05) is 26.9 Å². The zero-order valence-electron chi connectivity index (χ0n) is 23.0. The first-order valence-electron chi connectivity index (χ1n) is 12.5. The lowest BCUT2D eigenvalue weighted by Crippen LogP contribution is -2.27. The van der Waals surface area contributed by atoms with Gasteiger partial charge in [0, 0.05) is 22.9 Å². The van der Waals surface area contributed by atoms with Crippen LogP contribution in [0.2, 0.25) is 0 Å². The van der Waals surface area contributed by atoms with Crippen molar-refractivity contribution in [3.63, 3.8) is 0 Å². The summed E-state index contributed by atoms with van der Waals surface area (Å²) < 4.78 is 17.4. The van der Waals surface area contributed by atoms with Gasteiger partial charge in [-0.2, -0.15) is 0 Å². The monoisotopic (exact) mass is 542 g/mol. The Balaban J connectivity index is 2.46. The maximum Gasteiger partial charge on any atom is 0.311 e. The fourth-order valence-electron chi connectivity index (χ4n) is 3.94. The van der Waals surface area contributed by atoms with Crippen molar-refractivity contribution in [3.8, 4) is 11.5 Å². The van der Waals surface area contributed by atoms with Crippen LogP contribution in [0.4, 0.5) is 4.79 Å². The fourth-order valence-corrected chi connectivity index (χ4v) is 4.02. The largest absolute Gasteiger partial charge is 0.493 e. The summed E-state index contributed by atoms with van der Waals surface area (Å²) in [5, 5.41) is 5.79. The number of rotatable bonds is 13. The van der Waals surface area contributed by atoms with Gasteiger partial charge in [-0.15, -0.1) is 0 Å². The summed E-state index contributed by atoms with van der Waals surface area (Å²) in [6.45, 7) is 10.4. The number of hydrogen-bond donors (Lipinski definition) is 2. The summed E-state index contributed by atoms with van der Waals surface area (Å²) >= 11 is 3.83. The number of nitrogens with one attached hydrogen (secondary N) is 1. The fraction of sp³-hybridized carbons (Fsp3) is 0.500. The Kier molecular flexibility index (Phi) is 11.8. The Hall–Kier alpha value is -3.36.